The van der Waals surface area contributed by atoms with Crippen LogP contribution in [0.1, 0.15) is 59.5 Å². The number of aliphatic imine (C=N–C) groups is 1. The molecular weight excluding hydrogens is 392 g/mol. The van der Waals surface area contributed by atoms with E-state index in [1.165, 1.54) is 4.88 Å². The van der Waals surface area contributed by atoms with Gasteiger partial charge < -0.3 is 9.73 Å². The molecule has 1 aliphatic carbocycles. The van der Waals surface area contributed by atoms with Crippen LogP contribution in [-0.4, -0.2) is 12.1 Å². The molecule has 0 radical (unpaired) electrons. The number of rotatable bonds is 4. The Labute approximate surface area is 182 Å². The molecule has 0 bridgehead atoms. The van der Waals surface area contributed by atoms with Crippen molar-refractivity contribution < 1.29 is 9.21 Å². The summed E-state index contributed by atoms with van der Waals surface area (Å²) in [5.41, 5.74) is 2.92. The second-order valence-electron chi connectivity index (χ2n) is 9.02. The lowest BCUT2D eigenvalue weighted by molar-refractivity contribution is 0.102. The number of anilines is 1. The third-order valence-electron chi connectivity index (χ3n) is 5.80. The molecule has 30 heavy (non-hydrogen) atoms. The van der Waals surface area contributed by atoms with Crippen molar-refractivity contribution in [3.05, 3.63) is 70.0 Å². The molecule has 0 saturated carbocycles. The SMILES string of the molecule is Cc1ccc(C=Nc2sc3c(c2C(=O)Nc2ccccc2)CC[C@H](C(C)(C)C)C3)o1. The summed E-state index contributed by atoms with van der Waals surface area (Å²) in [6, 6.07) is 13.4. The summed E-state index contributed by atoms with van der Waals surface area (Å²) in [5.74, 6) is 2.06. The fourth-order valence-corrected chi connectivity index (χ4v) is 5.26. The summed E-state index contributed by atoms with van der Waals surface area (Å²) >= 11 is 1.65. The van der Waals surface area contributed by atoms with Gasteiger partial charge in [0.15, 0.2) is 0 Å². The van der Waals surface area contributed by atoms with Crippen molar-refractivity contribution in [3.63, 3.8) is 0 Å². The van der Waals surface area contributed by atoms with Gasteiger partial charge >= 0.3 is 0 Å². The second kappa shape index (κ2) is 8.23. The molecule has 0 spiro atoms. The van der Waals surface area contributed by atoms with Gasteiger partial charge in [0.25, 0.3) is 5.91 Å². The number of furan rings is 1. The molecule has 2 aromatic heterocycles. The Hall–Kier alpha value is -2.66. The Kier molecular flexibility index (Phi) is 5.65. The minimum atomic E-state index is -0.0873. The predicted molar refractivity (Wildman–Crippen MR) is 124 cm³/mol. The Morgan fingerprint density at radius 1 is 1.20 bits per heavy atom. The highest BCUT2D eigenvalue weighted by molar-refractivity contribution is 7.16. The third-order valence-corrected chi connectivity index (χ3v) is 6.96. The molecule has 4 nitrogen and oxygen atoms in total. The summed E-state index contributed by atoms with van der Waals surface area (Å²) in [6.45, 7) is 8.82. The average Bonchev–Trinajstić information content (AvgIpc) is 3.28. The topological polar surface area (TPSA) is 54.6 Å². The Balaban J connectivity index is 1.70. The zero-order chi connectivity index (χ0) is 21.3. The van der Waals surface area contributed by atoms with Crippen LogP contribution in [0.4, 0.5) is 10.7 Å². The normalized spacial score (nSPS) is 16.6. The van der Waals surface area contributed by atoms with Crippen LogP contribution in [0.3, 0.4) is 0 Å². The first-order valence-electron chi connectivity index (χ1n) is 10.4. The van der Waals surface area contributed by atoms with Crippen LogP contribution < -0.4 is 5.32 Å². The molecule has 2 heterocycles. The number of carbonyl (C=O) groups excluding carboxylic acids is 1. The van der Waals surface area contributed by atoms with Gasteiger partial charge in [-0.1, -0.05) is 39.0 Å². The first-order valence-corrected chi connectivity index (χ1v) is 11.2. The molecular formula is C25H28N2O2S. The van der Waals surface area contributed by atoms with Gasteiger partial charge in [-0.2, -0.15) is 0 Å². The van der Waals surface area contributed by atoms with E-state index >= 15 is 0 Å². The van der Waals surface area contributed by atoms with E-state index < -0.39 is 0 Å². The quantitative estimate of drug-likeness (QED) is 0.472. The van der Waals surface area contributed by atoms with Gasteiger partial charge in [-0.25, -0.2) is 4.99 Å². The molecule has 0 saturated heterocycles. The molecule has 0 unspecified atom stereocenters. The van der Waals surface area contributed by atoms with Crippen molar-refractivity contribution in [1.29, 1.82) is 0 Å². The Morgan fingerprint density at radius 2 is 1.97 bits per heavy atom. The monoisotopic (exact) mass is 420 g/mol. The number of aryl methyl sites for hydroxylation is 1. The van der Waals surface area contributed by atoms with Crippen LogP contribution >= 0.6 is 11.3 Å². The van der Waals surface area contributed by atoms with Crippen LogP contribution in [0.2, 0.25) is 0 Å². The number of nitrogens with one attached hydrogen (secondary N) is 1. The van der Waals surface area contributed by atoms with Gasteiger partial charge in [0, 0.05) is 10.6 Å². The molecule has 0 aliphatic heterocycles. The molecule has 1 atom stereocenters. The van der Waals surface area contributed by atoms with E-state index in [0.29, 0.717) is 17.2 Å². The number of nitrogens with zero attached hydrogens (tertiary/aromatic N) is 1. The number of thiophene rings is 1. The van der Waals surface area contributed by atoms with Gasteiger partial charge in [0.1, 0.15) is 16.5 Å². The molecule has 4 rings (SSSR count). The second-order valence-corrected chi connectivity index (χ2v) is 10.1. The van der Waals surface area contributed by atoms with E-state index in [4.69, 9.17) is 4.42 Å². The largest absolute Gasteiger partial charge is 0.460 e. The number of benzene rings is 1. The van der Waals surface area contributed by atoms with E-state index in [1.54, 1.807) is 17.6 Å². The molecule has 5 heteroatoms. The first-order chi connectivity index (χ1) is 14.3. The molecule has 156 valence electrons. The lowest BCUT2D eigenvalue weighted by Gasteiger charge is -2.33. The van der Waals surface area contributed by atoms with E-state index in [-0.39, 0.29) is 11.3 Å². The standard InChI is InChI=1S/C25H28N2O2S/c1-16-10-12-19(29-16)15-26-24-22(23(28)27-18-8-6-5-7-9-18)20-13-11-17(25(2,3)4)14-21(20)30-24/h5-10,12,15,17H,11,13-14H2,1-4H3,(H,27,28)/t17-/m0/s1. The van der Waals surface area contributed by atoms with Crippen molar-refractivity contribution in [3.8, 4) is 0 Å². The van der Waals surface area contributed by atoms with Crippen molar-refractivity contribution in [1.82, 2.24) is 0 Å². The minimum absolute atomic E-state index is 0.0873. The molecule has 0 fully saturated rings. The molecule has 3 aromatic rings. The van der Waals surface area contributed by atoms with E-state index in [2.05, 4.69) is 31.1 Å². The minimum Gasteiger partial charge on any atom is -0.460 e. The summed E-state index contributed by atoms with van der Waals surface area (Å²) in [4.78, 5) is 19.2. The number of hydrogen-bond acceptors (Lipinski definition) is 4. The van der Waals surface area contributed by atoms with Crippen LogP contribution in [0, 0.1) is 18.3 Å². The fourth-order valence-electron chi connectivity index (χ4n) is 4.00. The Bertz CT molecular complexity index is 1070. The zero-order valence-electron chi connectivity index (χ0n) is 18.0. The van der Waals surface area contributed by atoms with Gasteiger partial charge in [0.05, 0.1) is 11.8 Å². The molecule has 1 N–H and O–H groups in total. The predicted octanol–water partition coefficient (Wildman–Crippen LogP) is 6.80. The summed E-state index contributed by atoms with van der Waals surface area (Å²) in [7, 11) is 0. The van der Waals surface area contributed by atoms with E-state index in [0.717, 1.165) is 41.3 Å². The van der Waals surface area contributed by atoms with Gasteiger partial charge in [-0.3, -0.25) is 4.79 Å². The summed E-state index contributed by atoms with van der Waals surface area (Å²) in [6.07, 6.45) is 4.73. The zero-order valence-corrected chi connectivity index (χ0v) is 18.8. The molecule has 1 aliphatic rings. The lowest BCUT2D eigenvalue weighted by atomic mass is 9.72. The number of amides is 1. The van der Waals surface area contributed by atoms with Crippen molar-refractivity contribution in [2.24, 2.45) is 16.3 Å². The lowest BCUT2D eigenvalue weighted by Crippen LogP contribution is -2.27. The highest BCUT2D eigenvalue weighted by Gasteiger charge is 2.33. The van der Waals surface area contributed by atoms with Crippen LogP contribution in [0.15, 0.2) is 51.9 Å². The fraction of sp³-hybridized carbons (Fsp3) is 0.360. The molecule has 1 amide bonds. The highest BCUT2D eigenvalue weighted by atomic mass is 32.1. The molecule has 1 aromatic carbocycles. The van der Waals surface area contributed by atoms with Gasteiger partial charge in [-0.05, 0) is 67.3 Å². The maximum absolute atomic E-state index is 13.3. The third kappa shape index (κ3) is 4.41. The van der Waals surface area contributed by atoms with Gasteiger partial charge in [-0.15, -0.1) is 11.3 Å². The summed E-state index contributed by atoms with van der Waals surface area (Å²) < 4.78 is 5.62. The van der Waals surface area contributed by atoms with Crippen LogP contribution in [-0.2, 0) is 12.8 Å². The maximum atomic E-state index is 13.3. The van der Waals surface area contributed by atoms with E-state index in [1.807, 2.05) is 49.4 Å². The number of para-hydroxylation sites is 1. The first kappa shape index (κ1) is 20.6. The maximum Gasteiger partial charge on any atom is 0.259 e. The van der Waals surface area contributed by atoms with E-state index in [9.17, 15) is 4.79 Å². The van der Waals surface area contributed by atoms with Gasteiger partial charge in [0.2, 0.25) is 0 Å². The number of carbonyl (C=O) groups is 1. The number of hydrogen-bond donors (Lipinski definition) is 1. The highest BCUT2D eigenvalue weighted by Crippen LogP contribution is 2.45. The smallest absolute Gasteiger partial charge is 0.259 e. The van der Waals surface area contributed by atoms with Crippen molar-refractivity contribution in [2.45, 2.75) is 47.0 Å². The summed E-state index contributed by atoms with van der Waals surface area (Å²) in [5, 5.41) is 3.81. The van der Waals surface area contributed by atoms with Crippen molar-refractivity contribution in [2.75, 3.05) is 5.32 Å². The van der Waals surface area contributed by atoms with Crippen LogP contribution in [0.25, 0.3) is 0 Å². The van der Waals surface area contributed by atoms with Crippen molar-refractivity contribution >= 4 is 34.1 Å². The van der Waals surface area contributed by atoms with Crippen LogP contribution in [0.5, 0.6) is 0 Å². The average molecular weight is 421 g/mol. The Morgan fingerprint density at radius 3 is 2.63 bits per heavy atom. The number of fused-ring (bicyclic) bond motifs is 1.